The Morgan fingerprint density at radius 3 is 2.89 bits per heavy atom. The van der Waals surface area contributed by atoms with E-state index < -0.39 is 5.97 Å². The van der Waals surface area contributed by atoms with Crippen molar-refractivity contribution in [1.29, 1.82) is 0 Å². The zero-order chi connectivity index (χ0) is 13.4. The fourth-order valence-corrected chi connectivity index (χ4v) is 2.39. The van der Waals surface area contributed by atoms with E-state index in [-0.39, 0.29) is 0 Å². The van der Waals surface area contributed by atoms with Crippen LogP contribution in [-0.2, 0) is 10.5 Å². The Morgan fingerprint density at radius 1 is 1.50 bits per heavy atom. The van der Waals surface area contributed by atoms with E-state index in [4.69, 9.17) is 9.84 Å². The number of aliphatic carboxylic acids is 1. The topological polar surface area (TPSA) is 46.5 Å². The van der Waals surface area contributed by atoms with Crippen molar-refractivity contribution in [2.24, 2.45) is 0 Å². The van der Waals surface area contributed by atoms with Crippen LogP contribution in [0, 0.1) is 0 Å². The van der Waals surface area contributed by atoms with Crippen LogP contribution in [0.25, 0.3) is 6.08 Å². The number of methoxy groups -OCH3 is 1. The number of thioether (sulfide) groups is 1. The van der Waals surface area contributed by atoms with E-state index in [0.29, 0.717) is 0 Å². The molecule has 0 saturated carbocycles. The predicted octanol–water partition coefficient (Wildman–Crippen LogP) is 3.44. The third-order valence-corrected chi connectivity index (χ3v) is 3.57. The Morgan fingerprint density at radius 2 is 2.28 bits per heavy atom. The van der Waals surface area contributed by atoms with Crippen LogP contribution in [0.4, 0.5) is 0 Å². The average molecular weight is 266 g/mol. The fraction of sp³-hybridized carbons (Fsp3) is 0.357. The van der Waals surface area contributed by atoms with Crippen molar-refractivity contribution in [3.63, 3.8) is 0 Å². The number of ether oxygens (including phenoxy) is 1. The van der Waals surface area contributed by atoms with Crippen LogP contribution in [0.3, 0.4) is 0 Å². The molecule has 1 aromatic carbocycles. The molecule has 0 bridgehead atoms. The van der Waals surface area contributed by atoms with E-state index in [2.05, 4.69) is 6.92 Å². The zero-order valence-corrected chi connectivity index (χ0v) is 11.5. The van der Waals surface area contributed by atoms with Crippen molar-refractivity contribution < 1.29 is 14.6 Å². The minimum atomic E-state index is -0.932. The van der Waals surface area contributed by atoms with E-state index >= 15 is 0 Å². The molecule has 0 atom stereocenters. The number of carboxylic acid groups (broad SMARTS) is 1. The number of hydrogen-bond acceptors (Lipinski definition) is 3. The van der Waals surface area contributed by atoms with Gasteiger partial charge in [-0.1, -0.05) is 13.0 Å². The van der Waals surface area contributed by atoms with Gasteiger partial charge in [0.25, 0.3) is 0 Å². The summed E-state index contributed by atoms with van der Waals surface area (Å²) in [5.74, 6) is 1.83. The van der Waals surface area contributed by atoms with Crippen molar-refractivity contribution >= 4 is 23.8 Å². The second-order valence-electron chi connectivity index (χ2n) is 3.79. The number of hydrogen-bond donors (Lipinski definition) is 1. The van der Waals surface area contributed by atoms with Crippen molar-refractivity contribution in [3.05, 3.63) is 35.4 Å². The van der Waals surface area contributed by atoms with Crippen LogP contribution in [0.1, 0.15) is 24.5 Å². The molecular formula is C14H18O3S. The van der Waals surface area contributed by atoms with Gasteiger partial charge in [0.15, 0.2) is 0 Å². The van der Waals surface area contributed by atoms with Crippen LogP contribution < -0.4 is 4.74 Å². The highest BCUT2D eigenvalue weighted by Gasteiger charge is 2.03. The molecule has 4 heteroatoms. The van der Waals surface area contributed by atoms with E-state index in [1.54, 1.807) is 13.2 Å². The van der Waals surface area contributed by atoms with Gasteiger partial charge < -0.3 is 9.84 Å². The van der Waals surface area contributed by atoms with Crippen molar-refractivity contribution in [1.82, 2.24) is 0 Å². The Balaban J connectivity index is 2.89. The van der Waals surface area contributed by atoms with Crippen LogP contribution in [0.15, 0.2) is 24.3 Å². The molecule has 0 aromatic heterocycles. The number of benzene rings is 1. The molecule has 0 aliphatic rings. The molecule has 0 amide bonds. The summed E-state index contributed by atoms with van der Waals surface area (Å²) in [6.07, 6.45) is 3.92. The summed E-state index contributed by atoms with van der Waals surface area (Å²) in [5, 5.41) is 8.66. The minimum absolute atomic E-state index is 0.801. The molecule has 0 heterocycles. The summed E-state index contributed by atoms with van der Waals surface area (Å²) >= 11 is 1.84. The molecule has 0 fully saturated rings. The Hall–Kier alpha value is -1.42. The summed E-state index contributed by atoms with van der Waals surface area (Å²) in [6.45, 7) is 2.14. The number of carbonyl (C=O) groups is 1. The zero-order valence-electron chi connectivity index (χ0n) is 10.7. The van der Waals surface area contributed by atoms with Gasteiger partial charge in [0.2, 0.25) is 0 Å². The molecule has 18 heavy (non-hydrogen) atoms. The molecular weight excluding hydrogens is 248 g/mol. The van der Waals surface area contributed by atoms with Gasteiger partial charge in [0.1, 0.15) is 5.75 Å². The van der Waals surface area contributed by atoms with Gasteiger partial charge in [-0.05, 0) is 41.5 Å². The third kappa shape index (κ3) is 4.84. The molecule has 1 aromatic rings. The summed E-state index contributed by atoms with van der Waals surface area (Å²) in [7, 11) is 1.63. The largest absolute Gasteiger partial charge is 0.497 e. The molecule has 0 saturated heterocycles. The van der Waals surface area contributed by atoms with Gasteiger partial charge >= 0.3 is 5.97 Å². The van der Waals surface area contributed by atoms with Gasteiger partial charge in [-0.15, -0.1) is 0 Å². The first kappa shape index (κ1) is 14.6. The monoisotopic (exact) mass is 266 g/mol. The van der Waals surface area contributed by atoms with Gasteiger partial charge in [0, 0.05) is 11.8 Å². The summed E-state index contributed by atoms with van der Waals surface area (Å²) in [6, 6.07) is 5.69. The second kappa shape index (κ2) is 7.82. The Kier molecular flexibility index (Phi) is 6.36. The van der Waals surface area contributed by atoms with Crippen molar-refractivity contribution in [2.45, 2.75) is 19.1 Å². The minimum Gasteiger partial charge on any atom is -0.497 e. The van der Waals surface area contributed by atoms with Crippen LogP contribution in [0.2, 0.25) is 0 Å². The molecule has 0 radical (unpaired) electrons. The highest BCUT2D eigenvalue weighted by Crippen LogP contribution is 2.23. The number of rotatable bonds is 7. The summed E-state index contributed by atoms with van der Waals surface area (Å²) in [4.78, 5) is 10.6. The van der Waals surface area contributed by atoms with Crippen LogP contribution in [-0.4, -0.2) is 23.9 Å². The van der Waals surface area contributed by atoms with E-state index in [1.807, 2.05) is 30.0 Å². The van der Waals surface area contributed by atoms with Gasteiger partial charge in [-0.25, -0.2) is 4.79 Å². The van der Waals surface area contributed by atoms with Gasteiger partial charge in [-0.3, -0.25) is 0 Å². The molecule has 1 rings (SSSR count). The first-order chi connectivity index (χ1) is 8.67. The van der Waals surface area contributed by atoms with Crippen LogP contribution >= 0.6 is 11.8 Å². The molecule has 98 valence electrons. The quantitative estimate of drug-likeness (QED) is 0.606. The fourth-order valence-electron chi connectivity index (χ4n) is 1.48. The van der Waals surface area contributed by atoms with E-state index in [1.165, 1.54) is 0 Å². The second-order valence-corrected chi connectivity index (χ2v) is 4.89. The third-order valence-electron chi connectivity index (χ3n) is 2.36. The molecule has 1 N–H and O–H groups in total. The maximum absolute atomic E-state index is 10.6. The van der Waals surface area contributed by atoms with Gasteiger partial charge in [-0.2, -0.15) is 11.8 Å². The first-order valence-corrected chi connectivity index (χ1v) is 6.98. The lowest BCUT2D eigenvalue weighted by Gasteiger charge is -2.08. The highest BCUT2D eigenvalue weighted by molar-refractivity contribution is 7.98. The lowest BCUT2D eigenvalue weighted by molar-refractivity contribution is -0.131. The maximum atomic E-state index is 10.6. The highest BCUT2D eigenvalue weighted by atomic mass is 32.2. The molecule has 0 spiro atoms. The first-order valence-electron chi connectivity index (χ1n) is 5.83. The van der Waals surface area contributed by atoms with Crippen LogP contribution in [0.5, 0.6) is 5.75 Å². The maximum Gasteiger partial charge on any atom is 0.328 e. The smallest absolute Gasteiger partial charge is 0.328 e. The molecule has 0 unspecified atom stereocenters. The molecule has 0 aliphatic heterocycles. The lowest BCUT2D eigenvalue weighted by Crippen LogP contribution is -1.92. The van der Waals surface area contributed by atoms with Crippen molar-refractivity contribution in [3.8, 4) is 5.75 Å². The SMILES string of the molecule is CCCSCc1cc(OC)ccc1C=CC(=O)O. The van der Waals surface area contributed by atoms with Crippen molar-refractivity contribution in [2.75, 3.05) is 12.9 Å². The van der Waals surface area contributed by atoms with Gasteiger partial charge in [0.05, 0.1) is 7.11 Å². The Labute approximate surface area is 112 Å². The molecule has 0 aliphatic carbocycles. The summed E-state index contributed by atoms with van der Waals surface area (Å²) in [5.41, 5.74) is 2.03. The van der Waals surface area contributed by atoms with E-state index in [9.17, 15) is 4.79 Å². The lowest BCUT2D eigenvalue weighted by atomic mass is 10.1. The normalized spacial score (nSPS) is 10.8. The number of carboxylic acids is 1. The molecule has 3 nitrogen and oxygen atoms in total. The standard InChI is InChI=1S/C14H18O3S/c1-3-8-18-10-12-9-13(17-2)6-4-11(12)5-7-14(15)16/h4-7,9H,3,8,10H2,1-2H3,(H,15,16). The average Bonchev–Trinajstić information content (AvgIpc) is 2.37. The Bertz CT molecular complexity index is 427. The summed E-state index contributed by atoms with van der Waals surface area (Å²) < 4.78 is 5.19. The van der Waals surface area contributed by atoms with E-state index in [0.717, 1.165) is 40.9 Å². The predicted molar refractivity (Wildman–Crippen MR) is 76.1 cm³/mol.